The predicted molar refractivity (Wildman–Crippen MR) is 144 cm³/mol. The van der Waals surface area contributed by atoms with Crippen molar-refractivity contribution in [3.8, 4) is 5.75 Å². The zero-order valence-electron chi connectivity index (χ0n) is 21.1. The quantitative estimate of drug-likeness (QED) is 0.281. The molecule has 1 aromatic heterocycles. The fourth-order valence-electron chi connectivity index (χ4n) is 4.72. The van der Waals surface area contributed by atoms with Gasteiger partial charge in [-0.05, 0) is 61.0 Å². The molecule has 192 valence electrons. The fourth-order valence-corrected chi connectivity index (χ4v) is 4.72. The number of unbranched alkanes of at least 4 members (excludes halogenated alkanes) is 3. The van der Waals surface area contributed by atoms with Crippen molar-refractivity contribution in [2.24, 2.45) is 0 Å². The van der Waals surface area contributed by atoms with E-state index in [-0.39, 0.29) is 5.56 Å². The van der Waals surface area contributed by atoms with Crippen molar-refractivity contribution in [1.82, 2.24) is 15.0 Å². The molecule has 1 saturated heterocycles. The van der Waals surface area contributed by atoms with Gasteiger partial charge in [0.25, 0.3) is 5.91 Å². The van der Waals surface area contributed by atoms with E-state index in [4.69, 9.17) is 4.74 Å². The SMILES string of the molecule is CCCCCCOc1ccc(N2CCN(c3ccc(C(=O)n4nnc5ccccc54)cc3F)CC2)cc1. The summed E-state index contributed by atoms with van der Waals surface area (Å²) < 4.78 is 22.2. The summed E-state index contributed by atoms with van der Waals surface area (Å²) in [5.74, 6) is 0.0796. The Morgan fingerprint density at radius 2 is 1.68 bits per heavy atom. The molecule has 1 aliphatic heterocycles. The van der Waals surface area contributed by atoms with Gasteiger partial charge in [0.2, 0.25) is 0 Å². The molecule has 3 aromatic carbocycles. The number of benzene rings is 3. The molecule has 1 fully saturated rings. The average molecular weight is 502 g/mol. The monoisotopic (exact) mass is 501 g/mol. The van der Waals surface area contributed by atoms with Crippen molar-refractivity contribution < 1.29 is 13.9 Å². The molecule has 5 rings (SSSR count). The van der Waals surface area contributed by atoms with Crippen LogP contribution in [0.5, 0.6) is 5.75 Å². The molecule has 0 saturated carbocycles. The Balaban J connectivity index is 1.18. The van der Waals surface area contributed by atoms with Crippen LogP contribution < -0.4 is 14.5 Å². The van der Waals surface area contributed by atoms with E-state index in [1.807, 2.05) is 29.2 Å². The Morgan fingerprint density at radius 1 is 0.919 bits per heavy atom. The molecule has 0 radical (unpaired) electrons. The number of fused-ring (bicyclic) bond motifs is 1. The summed E-state index contributed by atoms with van der Waals surface area (Å²) in [5.41, 5.74) is 3.10. The largest absolute Gasteiger partial charge is 0.494 e. The van der Waals surface area contributed by atoms with Gasteiger partial charge < -0.3 is 14.5 Å². The van der Waals surface area contributed by atoms with Crippen LogP contribution in [-0.2, 0) is 0 Å². The van der Waals surface area contributed by atoms with Gasteiger partial charge in [-0.25, -0.2) is 4.39 Å². The first kappa shape index (κ1) is 24.7. The van der Waals surface area contributed by atoms with Crippen molar-refractivity contribution in [2.75, 3.05) is 42.6 Å². The number of hydrogen-bond acceptors (Lipinski definition) is 6. The molecule has 4 aromatic rings. The van der Waals surface area contributed by atoms with Gasteiger partial charge in [0.15, 0.2) is 0 Å². The standard InChI is InChI=1S/C29H32FN5O2/c1-2-3-4-7-20-37-24-13-11-23(12-14-24)33-16-18-34(19-17-33)27-15-10-22(21-25(27)30)29(36)35-28-9-6-5-8-26(28)31-32-35/h5-6,8-15,21H,2-4,7,16-20H2,1H3. The molecule has 0 aliphatic carbocycles. The summed E-state index contributed by atoms with van der Waals surface area (Å²) in [6.07, 6.45) is 4.76. The summed E-state index contributed by atoms with van der Waals surface area (Å²) in [5, 5.41) is 7.97. The van der Waals surface area contributed by atoms with Crippen LogP contribution in [0, 0.1) is 5.82 Å². The molecule has 0 bridgehead atoms. The molecule has 8 heteroatoms. The minimum absolute atomic E-state index is 0.239. The van der Waals surface area contributed by atoms with Gasteiger partial charge in [0, 0.05) is 37.4 Å². The van der Waals surface area contributed by atoms with Crippen molar-refractivity contribution in [3.63, 3.8) is 0 Å². The first-order valence-corrected chi connectivity index (χ1v) is 13.0. The van der Waals surface area contributed by atoms with Gasteiger partial charge in [-0.15, -0.1) is 5.10 Å². The van der Waals surface area contributed by atoms with Crippen molar-refractivity contribution in [1.29, 1.82) is 0 Å². The highest BCUT2D eigenvalue weighted by atomic mass is 19.1. The first-order chi connectivity index (χ1) is 18.1. The van der Waals surface area contributed by atoms with E-state index in [1.54, 1.807) is 24.3 Å². The van der Waals surface area contributed by atoms with Crippen LogP contribution in [0.2, 0.25) is 0 Å². The molecule has 0 amide bonds. The lowest BCUT2D eigenvalue weighted by atomic mass is 10.1. The number of anilines is 2. The lowest BCUT2D eigenvalue weighted by Crippen LogP contribution is -2.46. The van der Waals surface area contributed by atoms with E-state index >= 15 is 4.39 Å². The van der Waals surface area contributed by atoms with Crippen LogP contribution >= 0.6 is 0 Å². The number of carbonyl (C=O) groups is 1. The number of nitrogens with zero attached hydrogens (tertiary/aromatic N) is 5. The maximum Gasteiger partial charge on any atom is 0.280 e. The number of ether oxygens (including phenoxy) is 1. The molecule has 1 aliphatic rings. The average Bonchev–Trinajstić information content (AvgIpc) is 3.37. The third-order valence-electron chi connectivity index (χ3n) is 6.83. The maximum atomic E-state index is 15.1. The van der Waals surface area contributed by atoms with Gasteiger partial charge in [-0.3, -0.25) is 4.79 Å². The van der Waals surface area contributed by atoms with Crippen LogP contribution in [0.4, 0.5) is 15.8 Å². The van der Waals surface area contributed by atoms with Crippen LogP contribution in [0.1, 0.15) is 43.0 Å². The van der Waals surface area contributed by atoms with E-state index in [1.165, 1.54) is 30.0 Å². The third kappa shape index (κ3) is 5.58. The lowest BCUT2D eigenvalue weighted by molar-refractivity contribution is 0.0947. The molecule has 7 nitrogen and oxygen atoms in total. The molecule has 0 spiro atoms. The van der Waals surface area contributed by atoms with Crippen molar-refractivity contribution >= 4 is 28.3 Å². The zero-order chi connectivity index (χ0) is 25.6. The van der Waals surface area contributed by atoms with E-state index in [0.717, 1.165) is 37.6 Å². The highest BCUT2D eigenvalue weighted by Gasteiger charge is 2.22. The van der Waals surface area contributed by atoms with Crippen LogP contribution in [-0.4, -0.2) is 53.7 Å². The van der Waals surface area contributed by atoms with Gasteiger partial charge in [0.05, 0.1) is 17.8 Å². The number of carbonyl (C=O) groups excluding carboxylic acids is 1. The smallest absolute Gasteiger partial charge is 0.280 e. The highest BCUT2D eigenvalue weighted by Crippen LogP contribution is 2.26. The number of para-hydroxylation sites is 1. The van der Waals surface area contributed by atoms with E-state index < -0.39 is 11.7 Å². The number of aromatic nitrogens is 3. The topological polar surface area (TPSA) is 63.5 Å². The Kier molecular flexibility index (Phi) is 7.63. The second-order valence-corrected chi connectivity index (χ2v) is 9.34. The summed E-state index contributed by atoms with van der Waals surface area (Å²) in [6, 6.07) is 20.1. The third-order valence-corrected chi connectivity index (χ3v) is 6.83. The van der Waals surface area contributed by atoms with Gasteiger partial charge >= 0.3 is 0 Å². The molecular formula is C29H32FN5O2. The van der Waals surface area contributed by atoms with E-state index in [9.17, 15) is 4.79 Å². The van der Waals surface area contributed by atoms with Gasteiger partial charge in [-0.2, -0.15) is 4.68 Å². The van der Waals surface area contributed by atoms with Gasteiger partial charge in [0.1, 0.15) is 17.1 Å². The highest BCUT2D eigenvalue weighted by molar-refractivity contribution is 6.00. The Hall–Kier alpha value is -3.94. The molecule has 37 heavy (non-hydrogen) atoms. The number of piperazine rings is 1. The molecule has 0 unspecified atom stereocenters. The van der Waals surface area contributed by atoms with Crippen LogP contribution in [0.15, 0.2) is 66.7 Å². The van der Waals surface area contributed by atoms with Gasteiger partial charge in [-0.1, -0.05) is 43.5 Å². The maximum absolute atomic E-state index is 15.1. The Labute approximate surface area is 216 Å². The van der Waals surface area contributed by atoms with E-state index in [2.05, 4.69) is 34.3 Å². The van der Waals surface area contributed by atoms with Crippen LogP contribution in [0.3, 0.4) is 0 Å². The minimum atomic E-state index is -0.413. The minimum Gasteiger partial charge on any atom is -0.494 e. The molecule has 0 N–H and O–H groups in total. The summed E-state index contributed by atoms with van der Waals surface area (Å²) in [4.78, 5) is 17.3. The fraction of sp³-hybridized carbons (Fsp3) is 0.345. The second kappa shape index (κ2) is 11.4. The van der Waals surface area contributed by atoms with Crippen molar-refractivity contribution in [3.05, 3.63) is 78.1 Å². The van der Waals surface area contributed by atoms with Crippen molar-refractivity contribution in [2.45, 2.75) is 32.6 Å². The Morgan fingerprint density at radius 3 is 2.43 bits per heavy atom. The summed E-state index contributed by atoms with van der Waals surface area (Å²) >= 11 is 0. The Bertz CT molecular complexity index is 1350. The predicted octanol–water partition coefficient (Wildman–Crippen LogP) is 5.54. The summed E-state index contributed by atoms with van der Waals surface area (Å²) in [7, 11) is 0. The van der Waals surface area contributed by atoms with Crippen LogP contribution in [0.25, 0.3) is 11.0 Å². The normalized spacial score (nSPS) is 13.8. The number of hydrogen-bond donors (Lipinski definition) is 0. The number of halogens is 1. The summed E-state index contributed by atoms with van der Waals surface area (Å²) in [6.45, 7) is 5.90. The molecule has 2 heterocycles. The first-order valence-electron chi connectivity index (χ1n) is 13.0. The number of rotatable bonds is 9. The van der Waals surface area contributed by atoms with E-state index in [0.29, 0.717) is 29.8 Å². The lowest BCUT2D eigenvalue weighted by Gasteiger charge is -2.37. The second-order valence-electron chi connectivity index (χ2n) is 9.34. The molecular weight excluding hydrogens is 469 g/mol. The molecule has 0 atom stereocenters. The zero-order valence-corrected chi connectivity index (χ0v) is 21.1.